The summed E-state index contributed by atoms with van der Waals surface area (Å²) < 4.78 is 20.2. The molecule has 4 fully saturated rings. The maximum Gasteiger partial charge on any atom is 0.302 e. The lowest BCUT2D eigenvalue weighted by Gasteiger charge is -2.46. The predicted molar refractivity (Wildman–Crippen MR) is 222 cm³/mol. The van der Waals surface area contributed by atoms with Crippen LogP contribution >= 0.6 is 0 Å². The lowest BCUT2D eigenvalue weighted by molar-refractivity contribution is -0.153. The van der Waals surface area contributed by atoms with E-state index < -0.39 is 16.6 Å². The summed E-state index contributed by atoms with van der Waals surface area (Å²) in [4.78, 5) is 26.0. The van der Waals surface area contributed by atoms with Gasteiger partial charge in [0.1, 0.15) is 11.9 Å². The Morgan fingerprint density at radius 1 is 0.962 bits per heavy atom. The molecule has 0 N–H and O–H groups in total. The molecule has 0 aromatic rings. The topological polar surface area (TPSA) is 61.8 Å². The molecule has 0 heterocycles. The van der Waals surface area contributed by atoms with Crippen LogP contribution in [0.25, 0.3) is 0 Å². The van der Waals surface area contributed by atoms with Crippen molar-refractivity contribution in [2.75, 3.05) is 0 Å². The molecule has 4 aliphatic carbocycles. The van der Waals surface area contributed by atoms with E-state index in [1.54, 1.807) is 5.57 Å². The van der Waals surface area contributed by atoms with Crippen molar-refractivity contribution in [1.82, 2.24) is 0 Å². The molecule has 3 unspecified atom stereocenters. The zero-order valence-corrected chi connectivity index (χ0v) is 37.8. The first kappa shape index (κ1) is 43.2. The van der Waals surface area contributed by atoms with Gasteiger partial charge in [0.25, 0.3) is 0 Å². The lowest BCUT2D eigenvalue weighted by Crippen LogP contribution is -2.49. The van der Waals surface area contributed by atoms with Crippen LogP contribution in [0.1, 0.15) is 140 Å². The molecule has 0 aromatic heterocycles. The number of fused-ring (bicyclic) bond motifs is 1. The van der Waals surface area contributed by atoms with E-state index in [0.717, 1.165) is 63.4 Å². The Morgan fingerprint density at radius 3 is 2.13 bits per heavy atom. The number of esters is 1. The van der Waals surface area contributed by atoms with Gasteiger partial charge in [-0.3, -0.25) is 9.59 Å². The molecule has 52 heavy (non-hydrogen) atoms. The summed E-state index contributed by atoms with van der Waals surface area (Å²) in [6, 6.07) is 0. The minimum atomic E-state index is -2.04. The highest BCUT2D eigenvalue weighted by atomic mass is 28.4. The third-order valence-electron chi connectivity index (χ3n) is 14.7. The highest BCUT2D eigenvalue weighted by Gasteiger charge is 2.54. The van der Waals surface area contributed by atoms with Crippen LogP contribution in [0.2, 0.25) is 36.3 Å². The van der Waals surface area contributed by atoms with Crippen LogP contribution in [-0.2, 0) is 23.2 Å². The third-order valence-corrected chi connectivity index (χ3v) is 23.7. The monoisotopic (exact) mass is 753 g/mol. The van der Waals surface area contributed by atoms with E-state index in [1.807, 2.05) is 0 Å². The van der Waals surface area contributed by atoms with Crippen LogP contribution in [0, 0.1) is 28.6 Å². The van der Waals surface area contributed by atoms with Gasteiger partial charge in [-0.25, -0.2) is 0 Å². The summed E-state index contributed by atoms with van der Waals surface area (Å²) >= 11 is 0. The first-order chi connectivity index (χ1) is 23.9. The second kappa shape index (κ2) is 15.9. The molecule has 7 atom stereocenters. The van der Waals surface area contributed by atoms with Gasteiger partial charge >= 0.3 is 5.97 Å². The summed E-state index contributed by atoms with van der Waals surface area (Å²) in [5, 5.41) is 0.251. The van der Waals surface area contributed by atoms with Crippen LogP contribution in [0.3, 0.4) is 0 Å². The number of allylic oxidation sites excluding steroid dienone is 5. The molecule has 4 aliphatic rings. The Bertz CT molecular complexity index is 1420. The van der Waals surface area contributed by atoms with Crippen molar-refractivity contribution in [3.63, 3.8) is 0 Å². The first-order valence-electron chi connectivity index (χ1n) is 20.7. The average Bonchev–Trinajstić information content (AvgIpc) is 3.72. The van der Waals surface area contributed by atoms with Crippen molar-refractivity contribution < 1.29 is 23.2 Å². The van der Waals surface area contributed by atoms with Gasteiger partial charge in [0.2, 0.25) is 0 Å². The number of carbonyl (C=O) groups is 2. The van der Waals surface area contributed by atoms with Crippen LogP contribution in [0.5, 0.6) is 0 Å². The molecule has 0 aliphatic heterocycles. The molecule has 5 nitrogen and oxygen atoms in total. The van der Waals surface area contributed by atoms with Crippen LogP contribution in [0.15, 0.2) is 47.6 Å². The van der Waals surface area contributed by atoms with Crippen molar-refractivity contribution >= 4 is 28.4 Å². The fourth-order valence-corrected chi connectivity index (χ4v) is 11.8. The Kier molecular flexibility index (Phi) is 13.2. The Morgan fingerprint density at radius 2 is 1.58 bits per heavy atom. The number of ketones is 1. The van der Waals surface area contributed by atoms with E-state index in [-0.39, 0.29) is 56.9 Å². The van der Waals surface area contributed by atoms with E-state index in [1.165, 1.54) is 18.9 Å². The normalized spacial score (nSPS) is 31.2. The summed E-state index contributed by atoms with van der Waals surface area (Å²) in [6.07, 6.45) is 19.3. The molecule has 0 bridgehead atoms. The molecule has 0 radical (unpaired) electrons. The zero-order chi connectivity index (χ0) is 39.1. The molecule has 0 aromatic carbocycles. The number of hydrogen-bond donors (Lipinski definition) is 0. The van der Waals surface area contributed by atoms with E-state index in [0.29, 0.717) is 18.3 Å². The predicted octanol–water partition coefficient (Wildman–Crippen LogP) is 12.5. The van der Waals surface area contributed by atoms with E-state index in [2.05, 4.69) is 119 Å². The van der Waals surface area contributed by atoms with Crippen molar-refractivity contribution in [3.05, 3.63) is 47.6 Å². The summed E-state index contributed by atoms with van der Waals surface area (Å²) in [5.41, 5.74) is 3.72. The van der Waals surface area contributed by atoms with Gasteiger partial charge in [0, 0.05) is 25.2 Å². The van der Waals surface area contributed by atoms with Crippen molar-refractivity contribution in [2.24, 2.45) is 28.6 Å². The van der Waals surface area contributed by atoms with Crippen LogP contribution < -0.4 is 0 Å². The second-order valence-electron chi connectivity index (χ2n) is 20.5. The number of rotatable bonds is 13. The third kappa shape index (κ3) is 9.45. The molecule has 7 heteroatoms. The fourth-order valence-electron chi connectivity index (χ4n) is 9.12. The SMILES string of the molecule is C=C1/C(=C\C=C2/CCC[C@]3(C)[C@@H]([C@H](C)C(CC(=O)C4(/C=C/CC)CC4)OC(C)=O)CC[C@@H]23)CC(O[Si](C)(C)C(C)(C)C)CC1O[Si](C)(C)C(C)(C)C. The highest BCUT2D eigenvalue weighted by molar-refractivity contribution is 6.74. The first-order valence-corrected chi connectivity index (χ1v) is 26.5. The second-order valence-corrected chi connectivity index (χ2v) is 30.0. The van der Waals surface area contributed by atoms with Crippen molar-refractivity contribution in [1.29, 1.82) is 0 Å². The Hall–Kier alpha value is -1.55. The van der Waals surface area contributed by atoms with Crippen LogP contribution in [-0.4, -0.2) is 46.7 Å². The van der Waals surface area contributed by atoms with E-state index in [4.69, 9.17) is 13.6 Å². The van der Waals surface area contributed by atoms with Gasteiger partial charge < -0.3 is 13.6 Å². The minimum absolute atomic E-state index is 0.0319. The molecule has 4 saturated carbocycles. The largest absolute Gasteiger partial charge is 0.462 e. The maximum absolute atomic E-state index is 13.6. The minimum Gasteiger partial charge on any atom is -0.462 e. The van der Waals surface area contributed by atoms with Gasteiger partial charge in [-0.2, -0.15) is 0 Å². The summed E-state index contributed by atoms with van der Waals surface area (Å²) in [5.74, 6) is 0.948. The van der Waals surface area contributed by atoms with Gasteiger partial charge in [0.05, 0.1) is 12.2 Å². The molecule has 0 amide bonds. The fraction of sp³-hybridized carbons (Fsp3) is 0.778. The molecular weight excluding hydrogens is 677 g/mol. The highest BCUT2D eigenvalue weighted by Crippen LogP contribution is 2.60. The maximum atomic E-state index is 13.6. The standard InChI is InChI=1S/C45H76O5Si2/c1-16-17-25-45(26-27-45)41(47)30-39(48-33(4)46)32(3)37-22-23-38-34(19-18-24-44(37,38)11)20-21-35-28-36(49-51(12,13)42(5,6)7)29-40(31(35)2)50-52(14,15)43(8,9)10/h17,20-21,25,32,36-40H,2,16,18-19,22-24,26-30H2,1,3-15H3/b25-17+,34-20+,35-21-/t32-,36?,37+,38-,39?,40?,44+/m0/s1. The quantitative estimate of drug-likeness (QED) is 0.106. The Labute approximate surface area is 321 Å². The van der Waals surface area contributed by atoms with Crippen LogP contribution in [0.4, 0.5) is 0 Å². The Balaban J connectivity index is 1.59. The van der Waals surface area contributed by atoms with E-state index >= 15 is 0 Å². The zero-order valence-electron chi connectivity index (χ0n) is 35.8. The summed E-state index contributed by atoms with van der Waals surface area (Å²) in [7, 11) is -4.02. The van der Waals surface area contributed by atoms with Gasteiger partial charge in [-0.05, 0) is 128 Å². The molecule has 4 rings (SSSR count). The molecule has 0 saturated heterocycles. The molecule has 294 valence electrons. The lowest BCUT2D eigenvalue weighted by atomic mass is 9.60. The van der Waals surface area contributed by atoms with Gasteiger partial charge in [-0.1, -0.05) is 98.8 Å². The smallest absolute Gasteiger partial charge is 0.302 e. The number of hydrogen-bond acceptors (Lipinski definition) is 5. The number of carbonyl (C=O) groups excluding carboxylic acids is 2. The number of Topliss-reactive ketones (excluding diaryl/α,β-unsaturated/α-hetero) is 1. The van der Waals surface area contributed by atoms with E-state index in [9.17, 15) is 9.59 Å². The van der Waals surface area contributed by atoms with Crippen molar-refractivity contribution in [3.8, 4) is 0 Å². The van der Waals surface area contributed by atoms with Crippen molar-refractivity contribution in [2.45, 2.75) is 194 Å². The van der Waals surface area contributed by atoms with Gasteiger partial charge in [-0.15, -0.1) is 0 Å². The average molecular weight is 753 g/mol. The molecule has 0 spiro atoms. The van der Waals surface area contributed by atoms with Gasteiger partial charge in [0.15, 0.2) is 16.6 Å². The number of ether oxygens (including phenoxy) is 1. The summed E-state index contributed by atoms with van der Waals surface area (Å²) in [6.45, 7) is 36.3. The molecular formula is C45H76O5Si2.